The van der Waals surface area contributed by atoms with Crippen molar-refractivity contribution in [3.63, 3.8) is 0 Å². The van der Waals surface area contributed by atoms with Crippen molar-refractivity contribution >= 4 is 27.6 Å². The van der Waals surface area contributed by atoms with Gasteiger partial charge in [-0.05, 0) is 31.0 Å². The van der Waals surface area contributed by atoms with Crippen LogP contribution in [0.3, 0.4) is 0 Å². The molecule has 1 aromatic carbocycles. The van der Waals surface area contributed by atoms with Gasteiger partial charge in [0.2, 0.25) is 0 Å². The lowest BCUT2D eigenvalue weighted by molar-refractivity contribution is -0.129. The van der Waals surface area contributed by atoms with Gasteiger partial charge in [0.25, 0.3) is 5.91 Å². The van der Waals surface area contributed by atoms with E-state index in [-0.39, 0.29) is 35.0 Å². The lowest BCUT2D eigenvalue weighted by Gasteiger charge is -2.43. The molecule has 0 N–H and O–H groups in total. The second-order valence-corrected chi connectivity index (χ2v) is 7.11. The number of carbonyl (C=O) groups is 2. The van der Waals surface area contributed by atoms with E-state index in [1.165, 1.54) is 12.1 Å². The van der Waals surface area contributed by atoms with E-state index in [0.29, 0.717) is 17.4 Å². The number of fused-ring (bicyclic) bond motifs is 1. The van der Waals surface area contributed by atoms with E-state index in [4.69, 9.17) is 0 Å². The van der Waals surface area contributed by atoms with Crippen LogP contribution >= 0.6 is 15.9 Å². The van der Waals surface area contributed by atoms with Gasteiger partial charge >= 0.3 is 6.61 Å². The summed E-state index contributed by atoms with van der Waals surface area (Å²) in [6, 6.07) is 4.27. The number of benzene rings is 1. The number of amides is 1. The summed E-state index contributed by atoms with van der Waals surface area (Å²) in [6.45, 7) is -2.66. The number of carbonyl (C=O) groups excluding carboxylic acids is 2. The Balaban J connectivity index is 1.90. The summed E-state index contributed by atoms with van der Waals surface area (Å²) >= 11 is 3.27. The first-order chi connectivity index (χ1) is 11.5. The van der Waals surface area contributed by atoms with Crippen molar-refractivity contribution in [2.75, 3.05) is 6.54 Å². The van der Waals surface area contributed by atoms with Crippen LogP contribution in [-0.2, 0) is 4.79 Å². The van der Waals surface area contributed by atoms with Gasteiger partial charge in [0.15, 0.2) is 0 Å². The SMILES string of the molecule is O=C1CCN(C(=O)c2cc(Br)ccc2OC(F)F)C2CCCCC12. The molecular weight excluding hydrogens is 384 g/mol. The van der Waals surface area contributed by atoms with Crippen LogP contribution < -0.4 is 4.74 Å². The monoisotopic (exact) mass is 401 g/mol. The fourth-order valence-corrected chi connectivity index (χ4v) is 4.08. The standard InChI is InChI=1S/C17H18BrF2NO3/c18-10-5-6-15(24-17(19)20)12(9-10)16(23)21-8-7-14(22)11-3-1-2-4-13(11)21/h5-6,9,11,13,17H,1-4,7-8H2. The van der Waals surface area contributed by atoms with Gasteiger partial charge in [0.1, 0.15) is 11.5 Å². The minimum Gasteiger partial charge on any atom is -0.434 e. The Morgan fingerprint density at radius 3 is 2.79 bits per heavy atom. The highest BCUT2D eigenvalue weighted by Crippen LogP contribution is 2.35. The third-order valence-electron chi connectivity index (χ3n) is 4.79. The number of rotatable bonds is 3. The number of alkyl halides is 2. The zero-order valence-electron chi connectivity index (χ0n) is 13.0. The van der Waals surface area contributed by atoms with Crippen LogP contribution in [0.5, 0.6) is 5.75 Å². The fourth-order valence-electron chi connectivity index (χ4n) is 3.72. The maximum atomic E-state index is 13.0. The Morgan fingerprint density at radius 2 is 2.04 bits per heavy atom. The Hall–Kier alpha value is -1.50. The Bertz CT molecular complexity index is 653. The number of ketones is 1. The molecule has 2 aliphatic rings. The number of halogens is 3. The summed E-state index contributed by atoms with van der Waals surface area (Å²) in [5, 5.41) is 0. The second kappa shape index (κ2) is 7.17. The first-order valence-corrected chi connectivity index (χ1v) is 8.84. The summed E-state index contributed by atoms with van der Waals surface area (Å²) in [6.07, 6.45) is 3.86. The molecule has 2 fully saturated rings. The van der Waals surface area contributed by atoms with E-state index in [1.807, 2.05) is 0 Å². The van der Waals surface area contributed by atoms with Crippen molar-refractivity contribution in [2.45, 2.75) is 44.8 Å². The number of hydrogen-bond acceptors (Lipinski definition) is 3. The normalized spacial score (nSPS) is 24.0. The van der Waals surface area contributed by atoms with Gasteiger partial charge in [-0.3, -0.25) is 9.59 Å². The molecule has 1 aliphatic carbocycles. The molecule has 1 saturated carbocycles. The highest BCUT2D eigenvalue weighted by Gasteiger charge is 2.41. The molecular formula is C17H18BrF2NO3. The van der Waals surface area contributed by atoms with Gasteiger partial charge in [-0.15, -0.1) is 0 Å². The number of piperidine rings is 1. The lowest BCUT2D eigenvalue weighted by Crippen LogP contribution is -2.53. The zero-order valence-corrected chi connectivity index (χ0v) is 14.6. The topological polar surface area (TPSA) is 46.6 Å². The summed E-state index contributed by atoms with van der Waals surface area (Å²) in [5.74, 6) is -0.399. The van der Waals surface area contributed by atoms with E-state index in [0.717, 1.165) is 25.7 Å². The van der Waals surface area contributed by atoms with E-state index in [1.54, 1.807) is 11.0 Å². The molecule has 4 nitrogen and oxygen atoms in total. The minimum absolute atomic E-state index is 0.100. The van der Waals surface area contributed by atoms with Crippen molar-refractivity contribution < 1.29 is 23.1 Å². The van der Waals surface area contributed by atoms with Crippen LogP contribution in [0.25, 0.3) is 0 Å². The first kappa shape index (κ1) is 17.3. The molecule has 0 aromatic heterocycles. The van der Waals surface area contributed by atoms with E-state index in [9.17, 15) is 18.4 Å². The molecule has 7 heteroatoms. The lowest BCUT2D eigenvalue weighted by atomic mass is 9.77. The molecule has 1 saturated heterocycles. The van der Waals surface area contributed by atoms with Crippen molar-refractivity contribution in [1.82, 2.24) is 4.90 Å². The number of hydrogen-bond donors (Lipinski definition) is 0. The highest BCUT2D eigenvalue weighted by molar-refractivity contribution is 9.10. The third kappa shape index (κ3) is 3.45. The minimum atomic E-state index is -3.00. The molecule has 0 radical (unpaired) electrons. The molecule has 1 amide bonds. The average molecular weight is 402 g/mol. The van der Waals surface area contributed by atoms with Crippen molar-refractivity contribution in [2.24, 2.45) is 5.92 Å². The number of likely N-dealkylation sites (tertiary alicyclic amines) is 1. The Morgan fingerprint density at radius 1 is 1.29 bits per heavy atom. The van der Waals surface area contributed by atoms with Gasteiger partial charge in [0.05, 0.1) is 5.56 Å². The number of nitrogens with zero attached hydrogens (tertiary/aromatic N) is 1. The highest BCUT2D eigenvalue weighted by atomic mass is 79.9. The summed E-state index contributed by atoms with van der Waals surface area (Å²) in [7, 11) is 0. The maximum Gasteiger partial charge on any atom is 0.387 e. The molecule has 1 aliphatic heterocycles. The molecule has 130 valence electrons. The zero-order chi connectivity index (χ0) is 17.3. The summed E-state index contributed by atoms with van der Waals surface area (Å²) < 4.78 is 30.4. The summed E-state index contributed by atoms with van der Waals surface area (Å²) in [4.78, 5) is 26.8. The van der Waals surface area contributed by atoms with Crippen LogP contribution in [0.1, 0.15) is 42.5 Å². The van der Waals surface area contributed by atoms with Crippen LogP contribution in [0, 0.1) is 5.92 Å². The van der Waals surface area contributed by atoms with E-state index in [2.05, 4.69) is 20.7 Å². The van der Waals surface area contributed by atoms with Crippen molar-refractivity contribution in [3.05, 3.63) is 28.2 Å². The first-order valence-electron chi connectivity index (χ1n) is 8.05. The largest absolute Gasteiger partial charge is 0.434 e. The van der Waals surface area contributed by atoms with Gasteiger partial charge in [0, 0.05) is 29.4 Å². The number of Topliss-reactive ketones (excluding diaryl/α,β-unsaturated/α-hetero) is 1. The maximum absolute atomic E-state index is 13.0. The Kier molecular flexibility index (Phi) is 5.18. The molecule has 2 unspecified atom stereocenters. The van der Waals surface area contributed by atoms with Crippen LogP contribution in [-0.4, -0.2) is 35.8 Å². The van der Waals surface area contributed by atoms with E-state index >= 15 is 0 Å². The Labute approximate surface area is 147 Å². The molecule has 2 atom stereocenters. The smallest absolute Gasteiger partial charge is 0.387 e. The molecule has 24 heavy (non-hydrogen) atoms. The van der Waals surface area contributed by atoms with Crippen LogP contribution in [0.4, 0.5) is 8.78 Å². The van der Waals surface area contributed by atoms with Gasteiger partial charge in [-0.2, -0.15) is 8.78 Å². The fraction of sp³-hybridized carbons (Fsp3) is 0.529. The molecule has 0 bridgehead atoms. The van der Waals surface area contributed by atoms with Crippen molar-refractivity contribution in [1.29, 1.82) is 0 Å². The summed E-state index contributed by atoms with van der Waals surface area (Å²) in [5.41, 5.74) is 0.100. The van der Waals surface area contributed by atoms with Gasteiger partial charge < -0.3 is 9.64 Å². The average Bonchev–Trinajstić information content (AvgIpc) is 2.56. The van der Waals surface area contributed by atoms with Gasteiger partial charge in [-0.25, -0.2) is 0 Å². The predicted octanol–water partition coefficient (Wildman–Crippen LogP) is 4.02. The van der Waals surface area contributed by atoms with E-state index < -0.39 is 6.61 Å². The molecule has 3 rings (SSSR count). The van der Waals surface area contributed by atoms with Crippen LogP contribution in [0.2, 0.25) is 0 Å². The van der Waals surface area contributed by atoms with Crippen molar-refractivity contribution in [3.8, 4) is 5.75 Å². The number of ether oxygens (including phenoxy) is 1. The predicted molar refractivity (Wildman–Crippen MR) is 87.2 cm³/mol. The molecule has 0 spiro atoms. The van der Waals surface area contributed by atoms with Crippen LogP contribution in [0.15, 0.2) is 22.7 Å². The second-order valence-electron chi connectivity index (χ2n) is 6.19. The molecule has 1 heterocycles. The quantitative estimate of drug-likeness (QED) is 0.767. The molecule has 1 aromatic rings. The third-order valence-corrected chi connectivity index (χ3v) is 5.28. The van der Waals surface area contributed by atoms with Gasteiger partial charge in [-0.1, -0.05) is 28.8 Å².